The predicted molar refractivity (Wildman–Crippen MR) is 95.9 cm³/mol. The number of ether oxygens (including phenoxy) is 1. The lowest BCUT2D eigenvalue weighted by atomic mass is 9.90. The fourth-order valence-electron chi connectivity index (χ4n) is 3.93. The van der Waals surface area contributed by atoms with Crippen molar-refractivity contribution in [3.05, 3.63) is 35.9 Å². The van der Waals surface area contributed by atoms with Gasteiger partial charge in [0, 0.05) is 33.3 Å². The number of hydrogen-bond acceptors (Lipinski definition) is 3. The molecule has 24 heavy (non-hydrogen) atoms. The summed E-state index contributed by atoms with van der Waals surface area (Å²) in [5.41, 5.74) is 1.42. The number of piperidine rings is 2. The van der Waals surface area contributed by atoms with Crippen LogP contribution in [-0.4, -0.2) is 61.6 Å². The Morgan fingerprint density at radius 2 is 1.71 bits per heavy atom. The fraction of sp³-hybridized carbons (Fsp3) is 0.650. The Morgan fingerprint density at radius 1 is 1.04 bits per heavy atom. The number of carbonyl (C=O) groups is 1. The van der Waals surface area contributed by atoms with Crippen LogP contribution in [0.25, 0.3) is 0 Å². The number of carbonyl (C=O) groups excluding carboxylic acids is 1. The summed E-state index contributed by atoms with van der Waals surface area (Å²) in [5, 5.41) is 0. The maximum Gasteiger partial charge on any atom is 0.236 e. The molecule has 0 radical (unpaired) electrons. The Hall–Kier alpha value is -1.39. The summed E-state index contributed by atoms with van der Waals surface area (Å²) in [6.07, 6.45) is 5.88. The molecule has 2 aliphatic rings. The van der Waals surface area contributed by atoms with E-state index in [1.807, 2.05) is 0 Å². The molecule has 0 aliphatic carbocycles. The van der Waals surface area contributed by atoms with Crippen LogP contribution in [0, 0.1) is 5.92 Å². The van der Waals surface area contributed by atoms with Gasteiger partial charge in [0.05, 0.1) is 12.6 Å². The van der Waals surface area contributed by atoms with Gasteiger partial charge >= 0.3 is 0 Å². The highest BCUT2D eigenvalue weighted by Gasteiger charge is 2.26. The van der Waals surface area contributed by atoms with E-state index in [1.165, 1.54) is 5.56 Å². The van der Waals surface area contributed by atoms with Crippen molar-refractivity contribution in [1.29, 1.82) is 0 Å². The van der Waals surface area contributed by atoms with Crippen molar-refractivity contribution in [2.45, 2.75) is 38.2 Å². The Morgan fingerprint density at radius 3 is 2.33 bits per heavy atom. The zero-order valence-corrected chi connectivity index (χ0v) is 14.8. The van der Waals surface area contributed by atoms with Crippen molar-refractivity contribution in [1.82, 2.24) is 9.80 Å². The van der Waals surface area contributed by atoms with Gasteiger partial charge < -0.3 is 9.64 Å². The molecule has 0 bridgehead atoms. The molecule has 2 saturated heterocycles. The third-order valence-electron chi connectivity index (χ3n) is 5.56. The van der Waals surface area contributed by atoms with E-state index in [1.54, 1.807) is 7.11 Å². The highest BCUT2D eigenvalue weighted by molar-refractivity contribution is 5.78. The minimum atomic E-state index is 0.309. The Bertz CT molecular complexity index is 504. The van der Waals surface area contributed by atoms with Crippen LogP contribution < -0.4 is 0 Å². The quantitative estimate of drug-likeness (QED) is 0.832. The van der Waals surface area contributed by atoms with E-state index in [0.29, 0.717) is 24.5 Å². The van der Waals surface area contributed by atoms with Gasteiger partial charge in [-0.25, -0.2) is 0 Å². The lowest BCUT2D eigenvalue weighted by Crippen LogP contribution is -2.46. The molecule has 0 spiro atoms. The summed E-state index contributed by atoms with van der Waals surface area (Å²) in [6.45, 7) is 4.39. The number of hydrogen-bond donors (Lipinski definition) is 0. The van der Waals surface area contributed by atoms with Crippen molar-refractivity contribution in [3.8, 4) is 0 Å². The largest absolute Gasteiger partial charge is 0.381 e. The fourth-order valence-corrected chi connectivity index (χ4v) is 3.93. The minimum absolute atomic E-state index is 0.309. The Labute approximate surface area is 145 Å². The maximum absolute atomic E-state index is 12.5. The van der Waals surface area contributed by atoms with Crippen LogP contribution in [0.2, 0.25) is 0 Å². The van der Waals surface area contributed by atoms with E-state index in [4.69, 9.17) is 4.74 Å². The summed E-state index contributed by atoms with van der Waals surface area (Å²) in [7, 11) is 1.78. The second-order valence-electron chi connectivity index (χ2n) is 7.23. The van der Waals surface area contributed by atoms with Crippen molar-refractivity contribution in [2.75, 3.05) is 39.8 Å². The van der Waals surface area contributed by atoms with Gasteiger partial charge in [-0.15, -0.1) is 0 Å². The van der Waals surface area contributed by atoms with E-state index in [2.05, 4.69) is 40.1 Å². The van der Waals surface area contributed by atoms with Crippen LogP contribution in [0.5, 0.6) is 0 Å². The first kappa shape index (κ1) is 17.4. The molecule has 2 heterocycles. The normalized spacial score (nSPS) is 21.1. The van der Waals surface area contributed by atoms with Crippen LogP contribution in [0.3, 0.4) is 0 Å². The van der Waals surface area contributed by atoms with E-state index < -0.39 is 0 Å². The molecule has 4 heteroatoms. The second kappa shape index (κ2) is 8.63. The summed E-state index contributed by atoms with van der Waals surface area (Å²) in [4.78, 5) is 16.9. The molecule has 2 aliphatic heterocycles. The van der Waals surface area contributed by atoms with Gasteiger partial charge in [0.15, 0.2) is 0 Å². The van der Waals surface area contributed by atoms with Gasteiger partial charge in [-0.3, -0.25) is 9.69 Å². The molecule has 0 atom stereocenters. The van der Waals surface area contributed by atoms with Crippen LogP contribution in [0.15, 0.2) is 30.3 Å². The van der Waals surface area contributed by atoms with Gasteiger partial charge in [0.1, 0.15) is 0 Å². The Balaban J connectivity index is 1.39. The Kier molecular flexibility index (Phi) is 6.27. The molecule has 4 nitrogen and oxygen atoms in total. The molecule has 1 amide bonds. The molecule has 1 aromatic carbocycles. The SMILES string of the molecule is COC1CCN(CC(=O)N2CCC(Cc3ccccc3)CC2)CC1. The number of benzene rings is 1. The molecule has 132 valence electrons. The second-order valence-corrected chi connectivity index (χ2v) is 7.23. The van der Waals surface area contributed by atoms with E-state index in [-0.39, 0.29) is 0 Å². The summed E-state index contributed by atoms with van der Waals surface area (Å²) in [5.74, 6) is 1.03. The van der Waals surface area contributed by atoms with Crippen molar-refractivity contribution in [2.24, 2.45) is 5.92 Å². The monoisotopic (exact) mass is 330 g/mol. The van der Waals surface area contributed by atoms with E-state index in [0.717, 1.165) is 58.3 Å². The lowest BCUT2D eigenvalue weighted by Gasteiger charge is -2.35. The topological polar surface area (TPSA) is 32.8 Å². The molecular formula is C20H30N2O2. The summed E-state index contributed by atoms with van der Waals surface area (Å²) < 4.78 is 5.40. The first-order chi connectivity index (χ1) is 11.7. The van der Waals surface area contributed by atoms with Gasteiger partial charge in [0.2, 0.25) is 5.91 Å². The number of rotatable bonds is 5. The number of nitrogens with zero attached hydrogens (tertiary/aromatic N) is 2. The molecule has 0 saturated carbocycles. The van der Waals surface area contributed by atoms with Gasteiger partial charge in [-0.05, 0) is 43.6 Å². The van der Waals surface area contributed by atoms with Crippen molar-refractivity contribution < 1.29 is 9.53 Å². The average Bonchev–Trinajstić information content (AvgIpc) is 2.64. The maximum atomic E-state index is 12.5. The van der Waals surface area contributed by atoms with E-state index in [9.17, 15) is 4.79 Å². The zero-order chi connectivity index (χ0) is 16.8. The molecule has 3 rings (SSSR count). The minimum Gasteiger partial charge on any atom is -0.381 e. The number of likely N-dealkylation sites (tertiary alicyclic amines) is 2. The molecule has 0 N–H and O–H groups in total. The summed E-state index contributed by atoms with van der Waals surface area (Å²) >= 11 is 0. The first-order valence-corrected chi connectivity index (χ1v) is 9.31. The summed E-state index contributed by atoms with van der Waals surface area (Å²) in [6, 6.07) is 10.7. The molecular weight excluding hydrogens is 300 g/mol. The van der Waals surface area contributed by atoms with Crippen LogP contribution in [0.1, 0.15) is 31.2 Å². The molecule has 0 unspecified atom stereocenters. The van der Waals surface area contributed by atoms with Crippen molar-refractivity contribution >= 4 is 5.91 Å². The number of methoxy groups -OCH3 is 1. The number of amides is 1. The van der Waals surface area contributed by atoms with Gasteiger partial charge in [0.25, 0.3) is 0 Å². The van der Waals surface area contributed by atoms with Gasteiger partial charge in [-0.2, -0.15) is 0 Å². The van der Waals surface area contributed by atoms with E-state index >= 15 is 0 Å². The molecule has 0 aromatic heterocycles. The predicted octanol–water partition coefficient (Wildman–Crippen LogP) is 2.58. The van der Waals surface area contributed by atoms with Crippen LogP contribution >= 0.6 is 0 Å². The molecule has 1 aromatic rings. The highest BCUT2D eigenvalue weighted by atomic mass is 16.5. The highest BCUT2D eigenvalue weighted by Crippen LogP contribution is 2.22. The van der Waals surface area contributed by atoms with Crippen molar-refractivity contribution in [3.63, 3.8) is 0 Å². The molecule has 2 fully saturated rings. The zero-order valence-electron chi connectivity index (χ0n) is 14.8. The third kappa shape index (κ3) is 4.81. The third-order valence-corrected chi connectivity index (χ3v) is 5.56. The van der Waals surface area contributed by atoms with Crippen LogP contribution in [0.4, 0.5) is 0 Å². The smallest absolute Gasteiger partial charge is 0.236 e. The average molecular weight is 330 g/mol. The van der Waals surface area contributed by atoms with Gasteiger partial charge in [-0.1, -0.05) is 30.3 Å². The van der Waals surface area contributed by atoms with Crippen LogP contribution in [-0.2, 0) is 16.0 Å². The first-order valence-electron chi connectivity index (χ1n) is 9.31. The lowest BCUT2D eigenvalue weighted by molar-refractivity contribution is -0.134. The standard InChI is InChI=1S/C20H30N2O2/c1-24-19-9-11-21(12-10-19)16-20(23)22-13-7-18(8-14-22)15-17-5-3-2-4-6-17/h2-6,18-19H,7-16H2,1H3.